The molecule has 0 unspecified atom stereocenters. The van der Waals surface area contributed by atoms with Crippen molar-refractivity contribution in [2.24, 2.45) is 11.1 Å². The van der Waals surface area contributed by atoms with E-state index in [1.807, 2.05) is 0 Å². The van der Waals surface area contributed by atoms with E-state index in [0.29, 0.717) is 30.2 Å². The van der Waals surface area contributed by atoms with Gasteiger partial charge < -0.3 is 20.5 Å². The molecule has 0 fully saturated rings. The summed E-state index contributed by atoms with van der Waals surface area (Å²) >= 11 is 0. The third-order valence-corrected chi connectivity index (χ3v) is 3.16. The van der Waals surface area contributed by atoms with Gasteiger partial charge in [-0.15, -0.1) is 0 Å². The summed E-state index contributed by atoms with van der Waals surface area (Å²) in [6.07, 6.45) is 0.856. The van der Waals surface area contributed by atoms with Gasteiger partial charge >= 0.3 is 0 Å². The molecule has 0 aliphatic carbocycles. The molecule has 3 N–H and O–H groups in total. The second kappa shape index (κ2) is 7.14. The molecular formula is C15H24N2O3. The minimum atomic E-state index is -0.146. The highest BCUT2D eigenvalue weighted by Gasteiger charge is 2.18. The van der Waals surface area contributed by atoms with Crippen molar-refractivity contribution < 1.29 is 14.3 Å². The number of hydrogen-bond donors (Lipinski definition) is 2. The molecule has 5 nitrogen and oxygen atoms in total. The zero-order valence-electron chi connectivity index (χ0n) is 12.7. The minimum absolute atomic E-state index is 0.0205. The highest BCUT2D eigenvalue weighted by molar-refractivity contribution is 5.95. The van der Waals surface area contributed by atoms with Crippen LogP contribution >= 0.6 is 0 Å². The number of ether oxygens (including phenoxy) is 2. The van der Waals surface area contributed by atoms with Crippen LogP contribution in [0.5, 0.6) is 11.5 Å². The molecule has 1 aromatic carbocycles. The van der Waals surface area contributed by atoms with E-state index in [2.05, 4.69) is 19.2 Å². The molecule has 0 aromatic heterocycles. The van der Waals surface area contributed by atoms with Gasteiger partial charge in [0.05, 0.1) is 14.2 Å². The molecule has 112 valence electrons. The molecule has 0 radical (unpaired) electrons. The molecule has 0 saturated carbocycles. The van der Waals surface area contributed by atoms with Crippen LogP contribution in [-0.4, -0.2) is 33.2 Å². The average molecular weight is 280 g/mol. The number of carbonyl (C=O) groups excluding carboxylic acids is 1. The van der Waals surface area contributed by atoms with E-state index in [1.165, 1.54) is 0 Å². The van der Waals surface area contributed by atoms with Crippen LogP contribution in [0.2, 0.25) is 0 Å². The first-order valence-electron chi connectivity index (χ1n) is 6.63. The normalized spacial score (nSPS) is 11.1. The summed E-state index contributed by atoms with van der Waals surface area (Å²) in [5.74, 6) is 1.04. The van der Waals surface area contributed by atoms with Gasteiger partial charge in [0.15, 0.2) is 0 Å². The number of nitrogens with two attached hydrogens (primary N) is 1. The van der Waals surface area contributed by atoms with Crippen LogP contribution in [0.4, 0.5) is 0 Å². The Labute approximate surface area is 120 Å². The van der Waals surface area contributed by atoms with Gasteiger partial charge in [0.25, 0.3) is 5.91 Å². The average Bonchev–Trinajstić information content (AvgIpc) is 2.44. The molecule has 1 amide bonds. The fraction of sp³-hybridized carbons (Fsp3) is 0.533. The van der Waals surface area contributed by atoms with Gasteiger partial charge in [-0.2, -0.15) is 0 Å². The first-order valence-corrected chi connectivity index (χ1v) is 6.63. The van der Waals surface area contributed by atoms with E-state index in [1.54, 1.807) is 32.4 Å². The number of rotatable bonds is 7. The maximum atomic E-state index is 12.2. The zero-order valence-corrected chi connectivity index (χ0v) is 12.7. The molecule has 0 spiro atoms. The Hall–Kier alpha value is -1.75. The predicted molar refractivity (Wildman–Crippen MR) is 79.3 cm³/mol. The van der Waals surface area contributed by atoms with Crippen molar-refractivity contribution in [2.45, 2.75) is 20.3 Å². The van der Waals surface area contributed by atoms with Crippen LogP contribution < -0.4 is 20.5 Å². The maximum Gasteiger partial charge on any atom is 0.251 e. The first kappa shape index (κ1) is 16.3. The molecule has 5 heteroatoms. The molecule has 1 rings (SSSR count). The van der Waals surface area contributed by atoms with Crippen molar-refractivity contribution in [1.29, 1.82) is 0 Å². The lowest BCUT2D eigenvalue weighted by Crippen LogP contribution is -2.35. The Bertz CT molecular complexity index is 436. The Balaban J connectivity index is 2.77. The number of carbonyl (C=O) groups is 1. The monoisotopic (exact) mass is 280 g/mol. The Morgan fingerprint density at radius 2 is 1.75 bits per heavy atom. The van der Waals surface area contributed by atoms with E-state index in [0.717, 1.165) is 6.42 Å². The largest absolute Gasteiger partial charge is 0.497 e. The summed E-state index contributed by atoms with van der Waals surface area (Å²) in [5.41, 5.74) is 6.06. The van der Waals surface area contributed by atoms with Gasteiger partial charge in [-0.25, -0.2) is 0 Å². The second-order valence-corrected chi connectivity index (χ2v) is 5.49. The fourth-order valence-electron chi connectivity index (χ4n) is 1.84. The highest BCUT2D eigenvalue weighted by Crippen LogP contribution is 2.23. The van der Waals surface area contributed by atoms with E-state index in [-0.39, 0.29) is 11.3 Å². The standard InChI is InChI=1S/C15H24N2O3/c1-15(2,5-6-16)10-17-14(18)11-7-12(19-3)9-13(8-11)20-4/h7-9H,5-6,10,16H2,1-4H3,(H,17,18). The second-order valence-electron chi connectivity index (χ2n) is 5.49. The summed E-state index contributed by atoms with van der Waals surface area (Å²) in [6.45, 7) is 5.33. The van der Waals surface area contributed by atoms with Gasteiger partial charge in [0, 0.05) is 18.2 Å². The molecule has 0 aliphatic rings. The highest BCUT2D eigenvalue weighted by atomic mass is 16.5. The Kier molecular flexibility index (Phi) is 5.82. The van der Waals surface area contributed by atoms with Crippen LogP contribution in [-0.2, 0) is 0 Å². The third kappa shape index (κ3) is 4.74. The van der Waals surface area contributed by atoms with E-state index in [4.69, 9.17) is 15.2 Å². The van der Waals surface area contributed by atoms with Gasteiger partial charge in [0.1, 0.15) is 11.5 Å². The number of nitrogens with one attached hydrogen (secondary N) is 1. The molecule has 0 aliphatic heterocycles. The number of methoxy groups -OCH3 is 2. The van der Waals surface area contributed by atoms with Crippen LogP contribution in [0, 0.1) is 5.41 Å². The van der Waals surface area contributed by atoms with Gasteiger partial charge in [-0.05, 0) is 30.5 Å². The molecule has 1 aromatic rings. The summed E-state index contributed by atoms with van der Waals surface area (Å²) < 4.78 is 10.3. The summed E-state index contributed by atoms with van der Waals surface area (Å²) in [7, 11) is 3.11. The topological polar surface area (TPSA) is 73.6 Å². The van der Waals surface area contributed by atoms with E-state index >= 15 is 0 Å². The van der Waals surface area contributed by atoms with Crippen molar-refractivity contribution in [3.05, 3.63) is 23.8 Å². The summed E-state index contributed by atoms with van der Waals surface area (Å²) in [4.78, 5) is 12.2. The molecule has 0 heterocycles. The Morgan fingerprint density at radius 1 is 1.20 bits per heavy atom. The van der Waals surface area contributed by atoms with Crippen LogP contribution in [0.3, 0.4) is 0 Å². The number of benzene rings is 1. The van der Waals surface area contributed by atoms with Crippen LogP contribution in [0.15, 0.2) is 18.2 Å². The first-order chi connectivity index (χ1) is 9.41. The summed E-state index contributed by atoms with van der Waals surface area (Å²) in [5, 5.41) is 2.92. The van der Waals surface area contributed by atoms with Gasteiger partial charge in [-0.3, -0.25) is 4.79 Å². The number of hydrogen-bond acceptors (Lipinski definition) is 4. The smallest absolute Gasteiger partial charge is 0.251 e. The quantitative estimate of drug-likeness (QED) is 0.799. The van der Waals surface area contributed by atoms with Gasteiger partial charge in [-0.1, -0.05) is 13.8 Å². The Morgan fingerprint density at radius 3 is 2.20 bits per heavy atom. The molecule has 0 atom stereocenters. The minimum Gasteiger partial charge on any atom is -0.497 e. The van der Waals surface area contributed by atoms with Crippen molar-refractivity contribution in [3.8, 4) is 11.5 Å². The lowest BCUT2D eigenvalue weighted by atomic mass is 9.89. The van der Waals surface area contributed by atoms with E-state index in [9.17, 15) is 4.79 Å². The maximum absolute atomic E-state index is 12.2. The lowest BCUT2D eigenvalue weighted by Gasteiger charge is -2.24. The molecule has 0 bridgehead atoms. The van der Waals surface area contributed by atoms with Crippen molar-refractivity contribution in [3.63, 3.8) is 0 Å². The predicted octanol–water partition coefficient (Wildman–Crippen LogP) is 1.81. The van der Waals surface area contributed by atoms with Crippen LogP contribution in [0.25, 0.3) is 0 Å². The molecular weight excluding hydrogens is 256 g/mol. The SMILES string of the molecule is COc1cc(OC)cc(C(=O)NCC(C)(C)CCN)c1. The van der Waals surface area contributed by atoms with Crippen LogP contribution in [0.1, 0.15) is 30.6 Å². The summed E-state index contributed by atoms with van der Waals surface area (Å²) in [6, 6.07) is 5.11. The third-order valence-electron chi connectivity index (χ3n) is 3.16. The van der Waals surface area contributed by atoms with Gasteiger partial charge in [0.2, 0.25) is 0 Å². The number of amides is 1. The van der Waals surface area contributed by atoms with Crippen molar-refractivity contribution >= 4 is 5.91 Å². The van der Waals surface area contributed by atoms with E-state index < -0.39 is 0 Å². The molecule has 0 saturated heterocycles. The van der Waals surface area contributed by atoms with Crippen molar-refractivity contribution in [1.82, 2.24) is 5.32 Å². The fourth-order valence-corrected chi connectivity index (χ4v) is 1.84. The zero-order chi connectivity index (χ0) is 15.2. The molecule has 20 heavy (non-hydrogen) atoms. The van der Waals surface area contributed by atoms with Crippen molar-refractivity contribution in [2.75, 3.05) is 27.3 Å². The lowest BCUT2D eigenvalue weighted by molar-refractivity contribution is 0.0934.